The Morgan fingerprint density at radius 3 is 2.87 bits per heavy atom. The quantitative estimate of drug-likeness (QED) is 0.796. The van der Waals surface area contributed by atoms with Crippen LogP contribution >= 0.6 is 0 Å². The normalized spacial score (nSPS) is 15.8. The Morgan fingerprint density at radius 2 is 2.33 bits per heavy atom. The van der Waals surface area contributed by atoms with Gasteiger partial charge in [-0.05, 0) is 31.4 Å². The summed E-state index contributed by atoms with van der Waals surface area (Å²) in [6.45, 7) is 0. The van der Waals surface area contributed by atoms with Gasteiger partial charge in [-0.25, -0.2) is 4.98 Å². The van der Waals surface area contributed by atoms with Gasteiger partial charge >= 0.3 is 0 Å². The average molecular weight is 206 g/mol. The summed E-state index contributed by atoms with van der Waals surface area (Å²) in [5.41, 5.74) is 0.145. The molecule has 0 atom stereocenters. The molecule has 4 heteroatoms. The summed E-state index contributed by atoms with van der Waals surface area (Å²) in [6.07, 6.45) is 4.80. The predicted octanol–water partition coefficient (Wildman–Crippen LogP) is 1.41. The topological polar surface area (TPSA) is 53.4 Å². The van der Waals surface area contributed by atoms with Crippen molar-refractivity contribution >= 4 is 5.91 Å². The maximum atomic E-state index is 11.9. The van der Waals surface area contributed by atoms with Gasteiger partial charge in [-0.15, -0.1) is 0 Å². The molecule has 1 aliphatic rings. The summed E-state index contributed by atoms with van der Waals surface area (Å²) in [5, 5.41) is 9.49. The first-order valence-electron chi connectivity index (χ1n) is 5.11. The molecule has 80 valence electrons. The number of amides is 1. The third-order valence-corrected chi connectivity index (χ3v) is 2.93. The van der Waals surface area contributed by atoms with E-state index in [1.54, 1.807) is 18.0 Å². The number of carbonyl (C=O) groups is 1. The van der Waals surface area contributed by atoms with Crippen molar-refractivity contribution in [3.8, 4) is 5.75 Å². The number of rotatable bonds is 2. The maximum Gasteiger partial charge on any atom is 0.276 e. The van der Waals surface area contributed by atoms with E-state index in [1.807, 2.05) is 0 Å². The van der Waals surface area contributed by atoms with Gasteiger partial charge < -0.3 is 10.0 Å². The van der Waals surface area contributed by atoms with Crippen molar-refractivity contribution in [2.24, 2.45) is 0 Å². The summed E-state index contributed by atoms with van der Waals surface area (Å²) in [6, 6.07) is 3.41. The molecule has 1 fully saturated rings. The Balaban J connectivity index is 2.16. The highest BCUT2D eigenvalue weighted by molar-refractivity contribution is 5.94. The van der Waals surface area contributed by atoms with Gasteiger partial charge in [-0.1, -0.05) is 0 Å². The molecule has 1 heterocycles. The summed E-state index contributed by atoms with van der Waals surface area (Å²) in [7, 11) is 1.76. The molecule has 0 radical (unpaired) electrons. The lowest BCUT2D eigenvalue weighted by Crippen LogP contribution is -2.41. The van der Waals surface area contributed by atoms with Crippen LogP contribution in [0, 0.1) is 0 Å². The van der Waals surface area contributed by atoms with Gasteiger partial charge in [0.1, 0.15) is 5.75 Å². The van der Waals surface area contributed by atoms with Gasteiger partial charge in [0, 0.05) is 19.3 Å². The molecule has 0 bridgehead atoms. The number of hydrogen-bond donors (Lipinski definition) is 1. The Labute approximate surface area is 88.6 Å². The number of nitrogens with zero attached hydrogens (tertiary/aromatic N) is 2. The number of aromatic hydroxyl groups is 1. The van der Waals surface area contributed by atoms with Gasteiger partial charge in [0.15, 0.2) is 5.69 Å². The van der Waals surface area contributed by atoms with Gasteiger partial charge in [0.2, 0.25) is 0 Å². The fraction of sp³-hybridized carbons (Fsp3) is 0.455. The largest absolute Gasteiger partial charge is 0.505 e. The zero-order chi connectivity index (χ0) is 10.8. The zero-order valence-corrected chi connectivity index (χ0v) is 8.68. The summed E-state index contributed by atoms with van der Waals surface area (Å²) >= 11 is 0. The minimum Gasteiger partial charge on any atom is -0.505 e. The van der Waals surface area contributed by atoms with Crippen molar-refractivity contribution in [3.63, 3.8) is 0 Å². The highest BCUT2D eigenvalue weighted by Crippen LogP contribution is 2.25. The summed E-state index contributed by atoms with van der Waals surface area (Å²) in [4.78, 5) is 17.5. The zero-order valence-electron chi connectivity index (χ0n) is 8.68. The number of hydrogen-bond acceptors (Lipinski definition) is 3. The standard InChI is InChI=1S/C11H14N2O2/c1-13(8-4-2-5-8)11(15)10-9(14)6-3-7-12-10/h3,6-8,14H,2,4-5H2,1H3. The first-order chi connectivity index (χ1) is 7.20. The van der Waals surface area contributed by atoms with Crippen LogP contribution in [-0.2, 0) is 0 Å². The van der Waals surface area contributed by atoms with Gasteiger partial charge in [-0.2, -0.15) is 0 Å². The van der Waals surface area contributed by atoms with E-state index in [1.165, 1.54) is 18.7 Å². The van der Waals surface area contributed by atoms with E-state index in [0.29, 0.717) is 6.04 Å². The Hall–Kier alpha value is -1.58. The van der Waals surface area contributed by atoms with Gasteiger partial charge in [0.25, 0.3) is 5.91 Å². The third kappa shape index (κ3) is 1.79. The van der Waals surface area contributed by atoms with Gasteiger partial charge in [-0.3, -0.25) is 4.79 Å². The first kappa shape index (κ1) is 9.96. The van der Waals surface area contributed by atoms with Crippen molar-refractivity contribution in [2.75, 3.05) is 7.05 Å². The monoisotopic (exact) mass is 206 g/mol. The second kappa shape index (κ2) is 3.88. The number of carbonyl (C=O) groups excluding carboxylic acids is 1. The van der Waals surface area contributed by atoms with Crippen LogP contribution in [0.3, 0.4) is 0 Å². The maximum absolute atomic E-state index is 11.9. The molecule has 2 rings (SSSR count). The van der Waals surface area contributed by atoms with Crippen molar-refractivity contribution in [2.45, 2.75) is 25.3 Å². The number of aromatic nitrogens is 1. The minimum absolute atomic E-state index is 0.0475. The third-order valence-electron chi connectivity index (χ3n) is 2.93. The van der Waals surface area contributed by atoms with Crippen molar-refractivity contribution in [1.29, 1.82) is 0 Å². The van der Waals surface area contributed by atoms with Crippen LogP contribution in [-0.4, -0.2) is 34.0 Å². The molecule has 1 aliphatic carbocycles. The molecular weight excluding hydrogens is 192 g/mol. The molecule has 1 N–H and O–H groups in total. The van der Waals surface area contributed by atoms with Crippen molar-refractivity contribution in [1.82, 2.24) is 9.88 Å². The Bertz CT molecular complexity index is 375. The molecular formula is C11H14N2O2. The molecule has 1 amide bonds. The van der Waals surface area contributed by atoms with E-state index in [9.17, 15) is 9.90 Å². The van der Waals surface area contributed by atoms with E-state index in [2.05, 4.69) is 4.98 Å². The predicted molar refractivity (Wildman–Crippen MR) is 55.6 cm³/mol. The molecule has 0 unspecified atom stereocenters. The second-order valence-corrected chi connectivity index (χ2v) is 3.87. The van der Waals surface area contributed by atoms with Crippen LogP contribution < -0.4 is 0 Å². The van der Waals surface area contributed by atoms with E-state index < -0.39 is 0 Å². The molecule has 1 aromatic rings. The number of pyridine rings is 1. The average Bonchev–Trinajstić information content (AvgIpc) is 2.15. The fourth-order valence-corrected chi connectivity index (χ4v) is 1.67. The molecule has 0 saturated heterocycles. The molecule has 15 heavy (non-hydrogen) atoms. The van der Waals surface area contributed by atoms with E-state index >= 15 is 0 Å². The van der Waals surface area contributed by atoms with Crippen LogP contribution in [0.1, 0.15) is 29.8 Å². The lowest BCUT2D eigenvalue weighted by molar-refractivity contribution is 0.0642. The van der Waals surface area contributed by atoms with Crippen LogP contribution in [0.2, 0.25) is 0 Å². The molecule has 1 saturated carbocycles. The smallest absolute Gasteiger partial charge is 0.276 e. The van der Waals surface area contributed by atoms with Gasteiger partial charge in [0.05, 0.1) is 0 Å². The summed E-state index contributed by atoms with van der Waals surface area (Å²) in [5.74, 6) is -0.244. The first-order valence-corrected chi connectivity index (χ1v) is 5.11. The van der Waals surface area contributed by atoms with E-state index in [0.717, 1.165) is 12.8 Å². The van der Waals surface area contributed by atoms with E-state index in [-0.39, 0.29) is 17.4 Å². The minimum atomic E-state index is -0.196. The highest BCUT2D eigenvalue weighted by Gasteiger charge is 2.28. The lowest BCUT2D eigenvalue weighted by atomic mass is 9.91. The van der Waals surface area contributed by atoms with Crippen molar-refractivity contribution in [3.05, 3.63) is 24.0 Å². The lowest BCUT2D eigenvalue weighted by Gasteiger charge is -2.34. The van der Waals surface area contributed by atoms with Crippen molar-refractivity contribution < 1.29 is 9.90 Å². The van der Waals surface area contributed by atoms with Crippen LogP contribution in [0.25, 0.3) is 0 Å². The summed E-state index contributed by atoms with van der Waals surface area (Å²) < 4.78 is 0. The van der Waals surface area contributed by atoms with Crippen LogP contribution in [0.4, 0.5) is 0 Å². The fourth-order valence-electron chi connectivity index (χ4n) is 1.67. The molecule has 0 aromatic carbocycles. The molecule has 1 aromatic heterocycles. The van der Waals surface area contributed by atoms with Crippen LogP contribution in [0.5, 0.6) is 5.75 Å². The highest BCUT2D eigenvalue weighted by atomic mass is 16.3. The Morgan fingerprint density at radius 1 is 1.60 bits per heavy atom. The SMILES string of the molecule is CN(C(=O)c1ncccc1O)C1CCC1. The van der Waals surface area contributed by atoms with E-state index in [4.69, 9.17) is 0 Å². The molecule has 0 aliphatic heterocycles. The second-order valence-electron chi connectivity index (χ2n) is 3.87. The molecule has 4 nitrogen and oxygen atoms in total. The van der Waals surface area contributed by atoms with Crippen LogP contribution in [0.15, 0.2) is 18.3 Å². The Kier molecular flexibility index (Phi) is 2.58. The molecule has 0 spiro atoms.